The number of amides is 4. The quantitative estimate of drug-likeness (QED) is 0.617. The first-order chi connectivity index (χ1) is 12.6. The van der Waals surface area contributed by atoms with Crippen LogP contribution >= 0.6 is 12.4 Å². The highest BCUT2D eigenvalue weighted by molar-refractivity contribution is 6.09. The Kier molecular flexibility index (Phi) is 7.03. The number of hydrogen-bond acceptors (Lipinski definition) is 4. The summed E-state index contributed by atoms with van der Waals surface area (Å²) in [5.74, 6) is 0.0683. The Morgan fingerprint density at radius 3 is 2.43 bits per heavy atom. The zero-order valence-corrected chi connectivity index (χ0v) is 18.3. The van der Waals surface area contributed by atoms with Gasteiger partial charge in [0, 0.05) is 12.1 Å². The van der Waals surface area contributed by atoms with Gasteiger partial charge in [-0.15, -0.1) is 12.4 Å². The van der Waals surface area contributed by atoms with E-state index in [-0.39, 0.29) is 42.2 Å². The molecule has 1 aliphatic carbocycles. The van der Waals surface area contributed by atoms with Gasteiger partial charge >= 0.3 is 6.03 Å². The van der Waals surface area contributed by atoms with Crippen LogP contribution in [0.2, 0.25) is 0 Å². The number of carbonyl (C=O) groups excluding carboxylic acids is 3. The van der Waals surface area contributed by atoms with E-state index in [9.17, 15) is 14.4 Å². The molecule has 0 aromatic carbocycles. The summed E-state index contributed by atoms with van der Waals surface area (Å²) in [6, 6.07) is 0.0378. The Balaban J connectivity index is 0.00000280. The molecule has 0 bridgehead atoms. The van der Waals surface area contributed by atoms with Crippen molar-refractivity contribution in [3.63, 3.8) is 0 Å². The zero-order valence-electron chi connectivity index (χ0n) is 17.5. The van der Waals surface area contributed by atoms with Crippen LogP contribution in [0.5, 0.6) is 0 Å². The van der Waals surface area contributed by atoms with E-state index in [4.69, 9.17) is 0 Å². The molecule has 4 amide bonds. The van der Waals surface area contributed by atoms with E-state index in [0.29, 0.717) is 24.8 Å². The highest BCUT2D eigenvalue weighted by Crippen LogP contribution is 2.43. The highest BCUT2D eigenvalue weighted by Gasteiger charge is 2.53. The third-order valence-corrected chi connectivity index (χ3v) is 6.60. The molecule has 2 atom stereocenters. The SMILES string of the molecule is CC1CC(NC(=O)CN2C(=O)NC3(CCC(C(C)(C)C)CC3)C2=O)CCN1.Cl. The lowest BCUT2D eigenvalue weighted by Crippen LogP contribution is -2.52. The van der Waals surface area contributed by atoms with Crippen LogP contribution in [0.1, 0.15) is 66.2 Å². The average Bonchev–Trinajstić information content (AvgIpc) is 2.79. The Hall–Kier alpha value is -1.34. The summed E-state index contributed by atoms with van der Waals surface area (Å²) in [5.41, 5.74) is -0.596. The van der Waals surface area contributed by atoms with Crippen molar-refractivity contribution in [3.8, 4) is 0 Å². The van der Waals surface area contributed by atoms with Crippen LogP contribution in [0.3, 0.4) is 0 Å². The monoisotopic (exact) mass is 414 g/mol. The number of urea groups is 1. The predicted octanol–water partition coefficient (Wildman–Crippen LogP) is 2.19. The molecule has 0 aromatic rings. The minimum Gasteiger partial charge on any atom is -0.352 e. The Labute approximate surface area is 174 Å². The van der Waals surface area contributed by atoms with Crippen molar-refractivity contribution in [2.45, 2.75) is 83.8 Å². The molecule has 3 rings (SSSR count). The molecule has 7 nitrogen and oxygen atoms in total. The minimum atomic E-state index is -0.803. The van der Waals surface area contributed by atoms with Gasteiger partial charge in [-0.2, -0.15) is 0 Å². The predicted molar refractivity (Wildman–Crippen MR) is 110 cm³/mol. The van der Waals surface area contributed by atoms with E-state index in [1.54, 1.807) is 0 Å². The molecule has 1 spiro atoms. The average molecular weight is 415 g/mol. The van der Waals surface area contributed by atoms with Crippen molar-refractivity contribution < 1.29 is 14.4 Å². The number of piperidine rings is 1. The Bertz CT molecular complexity index is 611. The molecular weight excluding hydrogens is 380 g/mol. The fraction of sp³-hybridized carbons (Fsp3) is 0.850. The van der Waals surface area contributed by atoms with Gasteiger partial charge in [-0.1, -0.05) is 20.8 Å². The number of nitrogens with zero attached hydrogens (tertiary/aromatic N) is 1. The van der Waals surface area contributed by atoms with E-state index >= 15 is 0 Å². The molecule has 0 radical (unpaired) electrons. The number of halogens is 1. The van der Waals surface area contributed by atoms with Gasteiger partial charge in [0.2, 0.25) is 5.91 Å². The van der Waals surface area contributed by atoms with Crippen LogP contribution in [0.15, 0.2) is 0 Å². The van der Waals surface area contributed by atoms with Gasteiger partial charge in [0.05, 0.1) is 0 Å². The lowest BCUT2D eigenvalue weighted by atomic mass is 9.67. The molecule has 160 valence electrons. The smallest absolute Gasteiger partial charge is 0.325 e. The second-order valence-electron chi connectivity index (χ2n) is 9.69. The molecule has 3 aliphatic rings. The topological polar surface area (TPSA) is 90.5 Å². The number of hydrogen-bond donors (Lipinski definition) is 3. The first-order valence-corrected chi connectivity index (χ1v) is 10.3. The summed E-state index contributed by atoms with van der Waals surface area (Å²) in [4.78, 5) is 38.9. The molecule has 3 fully saturated rings. The summed E-state index contributed by atoms with van der Waals surface area (Å²) in [5, 5.41) is 9.23. The van der Waals surface area contributed by atoms with Crippen molar-refractivity contribution in [2.24, 2.45) is 11.3 Å². The van der Waals surface area contributed by atoms with Crippen LogP contribution in [-0.4, -0.2) is 53.5 Å². The minimum absolute atomic E-state index is 0. The Morgan fingerprint density at radius 2 is 1.86 bits per heavy atom. The molecule has 3 N–H and O–H groups in total. The second kappa shape index (κ2) is 8.57. The van der Waals surface area contributed by atoms with E-state index < -0.39 is 11.6 Å². The van der Waals surface area contributed by atoms with Crippen molar-refractivity contribution in [3.05, 3.63) is 0 Å². The van der Waals surface area contributed by atoms with Gasteiger partial charge in [0.15, 0.2) is 0 Å². The number of rotatable bonds is 3. The van der Waals surface area contributed by atoms with Gasteiger partial charge in [0.1, 0.15) is 12.1 Å². The van der Waals surface area contributed by atoms with Crippen molar-refractivity contribution in [1.29, 1.82) is 0 Å². The van der Waals surface area contributed by atoms with Crippen LogP contribution < -0.4 is 16.0 Å². The third kappa shape index (κ3) is 4.79. The molecule has 28 heavy (non-hydrogen) atoms. The molecular formula is C20H35ClN4O3. The van der Waals surface area contributed by atoms with Gasteiger partial charge in [-0.3, -0.25) is 14.5 Å². The molecule has 1 saturated carbocycles. The zero-order chi connectivity index (χ0) is 19.8. The summed E-state index contributed by atoms with van der Waals surface area (Å²) >= 11 is 0. The summed E-state index contributed by atoms with van der Waals surface area (Å²) in [7, 11) is 0. The lowest BCUT2D eigenvalue weighted by molar-refractivity contribution is -0.136. The summed E-state index contributed by atoms with van der Waals surface area (Å²) in [6.07, 6.45) is 4.89. The van der Waals surface area contributed by atoms with Crippen molar-refractivity contribution in [1.82, 2.24) is 20.9 Å². The fourth-order valence-electron chi connectivity index (χ4n) is 4.82. The maximum Gasteiger partial charge on any atom is 0.325 e. The molecule has 2 aliphatic heterocycles. The van der Waals surface area contributed by atoms with E-state index in [1.165, 1.54) is 0 Å². The molecule has 0 aromatic heterocycles. The second-order valence-corrected chi connectivity index (χ2v) is 9.69. The van der Waals surface area contributed by atoms with Crippen molar-refractivity contribution >= 4 is 30.3 Å². The molecule has 8 heteroatoms. The van der Waals surface area contributed by atoms with Gasteiger partial charge in [0.25, 0.3) is 5.91 Å². The van der Waals surface area contributed by atoms with Crippen LogP contribution in [0.25, 0.3) is 0 Å². The summed E-state index contributed by atoms with van der Waals surface area (Å²) < 4.78 is 0. The van der Waals surface area contributed by atoms with E-state index in [1.807, 2.05) is 0 Å². The fourth-order valence-corrected chi connectivity index (χ4v) is 4.82. The lowest BCUT2D eigenvalue weighted by Gasteiger charge is -2.40. The van der Waals surface area contributed by atoms with Gasteiger partial charge in [-0.25, -0.2) is 4.79 Å². The standard InChI is InChI=1S/C20H34N4O3.ClH/c1-13-11-15(7-10-21-13)22-16(25)12-24-17(26)20(23-18(24)27)8-5-14(6-9-20)19(2,3)4;/h13-15,21H,5-12H2,1-4H3,(H,22,25)(H,23,27);1H. The maximum absolute atomic E-state index is 13.0. The summed E-state index contributed by atoms with van der Waals surface area (Å²) in [6.45, 7) is 9.45. The highest BCUT2D eigenvalue weighted by atomic mass is 35.5. The van der Waals surface area contributed by atoms with E-state index in [0.717, 1.165) is 37.1 Å². The first kappa shape index (κ1) is 22.9. The van der Waals surface area contributed by atoms with Gasteiger partial charge < -0.3 is 16.0 Å². The number of imide groups is 1. The normalized spacial score (nSPS) is 33.4. The van der Waals surface area contributed by atoms with Crippen LogP contribution in [-0.2, 0) is 9.59 Å². The van der Waals surface area contributed by atoms with Crippen LogP contribution in [0.4, 0.5) is 4.79 Å². The van der Waals surface area contributed by atoms with Gasteiger partial charge in [-0.05, 0) is 63.3 Å². The van der Waals surface area contributed by atoms with Crippen LogP contribution in [0, 0.1) is 11.3 Å². The van der Waals surface area contributed by atoms with Crippen molar-refractivity contribution in [2.75, 3.05) is 13.1 Å². The largest absolute Gasteiger partial charge is 0.352 e. The Morgan fingerprint density at radius 1 is 1.21 bits per heavy atom. The molecule has 2 saturated heterocycles. The first-order valence-electron chi connectivity index (χ1n) is 10.3. The molecule has 2 heterocycles. The third-order valence-electron chi connectivity index (χ3n) is 6.60. The number of carbonyl (C=O) groups is 3. The number of nitrogens with one attached hydrogen (secondary N) is 3. The maximum atomic E-state index is 13.0. The molecule has 2 unspecified atom stereocenters. The van der Waals surface area contributed by atoms with E-state index in [2.05, 4.69) is 43.6 Å².